The summed E-state index contributed by atoms with van der Waals surface area (Å²) in [5, 5.41) is 7.59. The molecule has 0 radical (unpaired) electrons. The Morgan fingerprint density at radius 1 is 1.33 bits per heavy atom. The molecule has 0 saturated carbocycles. The van der Waals surface area contributed by atoms with Crippen LogP contribution in [0.25, 0.3) is 0 Å². The van der Waals surface area contributed by atoms with Crippen molar-refractivity contribution in [1.82, 2.24) is 15.0 Å². The number of nitrogens with zero attached hydrogens (tertiary/aromatic N) is 3. The summed E-state index contributed by atoms with van der Waals surface area (Å²) in [7, 11) is 0. The lowest BCUT2D eigenvalue weighted by atomic mass is 10.3. The maximum absolute atomic E-state index is 13.2. The summed E-state index contributed by atoms with van der Waals surface area (Å²) < 4.78 is 32.7. The minimum atomic E-state index is -0.599. The summed E-state index contributed by atoms with van der Waals surface area (Å²) in [6.45, 7) is 0.843. The van der Waals surface area contributed by atoms with Crippen molar-refractivity contribution in [3.63, 3.8) is 0 Å². The van der Waals surface area contributed by atoms with E-state index in [9.17, 15) is 8.78 Å². The predicted molar refractivity (Wildman–Crippen MR) is 59.8 cm³/mol. The van der Waals surface area contributed by atoms with E-state index in [1.807, 2.05) is 0 Å². The van der Waals surface area contributed by atoms with Crippen LogP contribution >= 0.6 is 0 Å². The fourth-order valence-electron chi connectivity index (χ4n) is 1.38. The predicted octanol–water partition coefficient (Wildman–Crippen LogP) is 1.09. The lowest BCUT2D eigenvalue weighted by Gasteiger charge is -2.06. The molecule has 1 heterocycles. The molecule has 2 rings (SSSR count). The zero-order chi connectivity index (χ0) is 13.0. The van der Waals surface area contributed by atoms with Crippen LogP contribution in [0.3, 0.4) is 0 Å². The van der Waals surface area contributed by atoms with Crippen LogP contribution < -0.4 is 10.5 Å². The Hall–Kier alpha value is -2.02. The van der Waals surface area contributed by atoms with E-state index >= 15 is 0 Å². The highest BCUT2D eigenvalue weighted by atomic mass is 19.1. The van der Waals surface area contributed by atoms with Crippen molar-refractivity contribution in [3.05, 3.63) is 41.7 Å². The second-order valence-corrected chi connectivity index (χ2v) is 3.60. The fourth-order valence-corrected chi connectivity index (χ4v) is 1.38. The third kappa shape index (κ3) is 3.01. The number of hydrogen-bond donors (Lipinski definition) is 1. The van der Waals surface area contributed by atoms with Crippen molar-refractivity contribution in [2.45, 2.75) is 13.1 Å². The number of aromatic nitrogens is 3. The molecule has 0 aliphatic rings. The number of nitrogens with two attached hydrogens (primary N) is 1. The quantitative estimate of drug-likeness (QED) is 0.867. The summed E-state index contributed by atoms with van der Waals surface area (Å²) in [5.41, 5.74) is 6.04. The Kier molecular flexibility index (Phi) is 3.83. The third-order valence-corrected chi connectivity index (χ3v) is 2.27. The molecule has 0 fully saturated rings. The van der Waals surface area contributed by atoms with E-state index in [0.717, 1.165) is 18.2 Å². The molecule has 2 aromatic rings. The first kappa shape index (κ1) is 12.4. The molecular formula is C11H12F2N4O. The van der Waals surface area contributed by atoms with Gasteiger partial charge in [-0.1, -0.05) is 5.21 Å². The summed E-state index contributed by atoms with van der Waals surface area (Å²) in [4.78, 5) is 0. The maximum Gasteiger partial charge on any atom is 0.165 e. The average molecular weight is 254 g/mol. The van der Waals surface area contributed by atoms with Crippen LogP contribution in [0.5, 0.6) is 5.75 Å². The van der Waals surface area contributed by atoms with E-state index in [1.54, 1.807) is 6.20 Å². The van der Waals surface area contributed by atoms with Gasteiger partial charge in [0.15, 0.2) is 11.6 Å². The van der Waals surface area contributed by atoms with Crippen LogP contribution in [-0.2, 0) is 13.1 Å². The molecular weight excluding hydrogens is 242 g/mol. The summed E-state index contributed by atoms with van der Waals surface area (Å²) in [5.74, 6) is -1.26. The molecule has 7 heteroatoms. The lowest BCUT2D eigenvalue weighted by molar-refractivity contribution is 0.275. The van der Waals surface area contributed by atoms with Gasteiger partial charge in [-0.15, -0.1) is 5.10 Å². The van der Waals surface area contributed by atoms with Crippen molar-refractivity contribution in [3.8, 4) is 5.75 Å². The molecule has 18 heavy (non-hydrogen) atoms. The maximum atomic E-state index is 13.2. The van der Waals surface area contributed by atoms with Crippen molar-refractivity contribution < 1.29 is 13.5 Å². The van der Waals surface area contributed by atoms with Gasteiger partial charge in [0.05, 0.1) is 12.2 Å². The first-order valence-corrected chi connectivity index (χ1v) is 5.36. The first-order chi connectivity index (χ1) is 8.69. The van der Waals surface area contributed by atoms with Crippen LogP contribution in [0.2, 0.25) is 0 Å². The zero-order valence-corrected chi connectivity index (χ0v) is 9.51. The lowest BCUT2D eigenvalue weighted by Crippen LogP contribution is -2.09. The number of halogens is 2. The van der Waals surface area contributed by atoms with Gasteiger partial charge in [-0.05, 0) is 12.1 Å². The number of hydrogen-bond acceptors (Lipinski definition) is 4. The van der Waals surface area contributed by atoms with Crippen LogP contribution in [-0.4, -0.2) is 21.6 Å². The molecule has 5 nitrogen and oxygen atoms in total. The number of rotatable bonds is 5. The van der Waals surface area contributed by atoms with Crippen LogP contribution in [0.15, 0.2) is 24.4 Å². The van der Waals surface area contributed by atoms with Crippen molar-refractivity contribution in [2.75, 3.05) is 6.61 Å². The molecule has 0 aliphatic heterocycles. The number of benzene rings is 1. The van der Waals surface area contributed by atoms with Gasteiger partial charge in [-0.25, -0.2) is 13.5 Å². The third-order valence-electron chi connectivity index (χ3n) is 2.27. The molecule has 0 saturated heterocycles. The van der Waals surface area contributed by atoms with Crippen molar-refractivity contribution in [2.24, 2.45) is 5.73 Å². The van der Waals surface area contributed by atoms with Gasteiger partial charge in [0.25, 0.3) is 0 Å². The minimum absolute atomic E-state index is 0.117. The normalized spacial score (nSPS) is 10.6. The van der Waals surface area contributed by atoms with E-state index in [4.69, 9.17) is 10.5 Å². The van der Waals surface area contributed by atoms with Gasteiger partial charge in [0.1, 0.15) is 12.4 Å². The molecule has 0 aliphatic carbocycles. The second-order valence-electron chi connectivity index (χ2n) is 3.60. The Morgan fingerprint density at radius 2 is 2.17 bits per heavy atom. The largest absolute Gasteiger partial charge is 0.488 e. The highest BCUT2D eigenvalue weighted by Crippen LogP contribution is 2.17. The molecule has 0 atom stereocenters. The van der Waals surface area contributed by atoms with Crippen molar-refractivity contribution in [1.29, 1.82) is 0 Å². The monoisotopic (exact) mass is 254 g/mol. The van der Waals surface area contributed by atoms with Gasteiger partial charge in [-0.3, -0.25) is 0 Å². The van der Waals surface area contributed by atoms with Gasteiger partial charge >= 0.3 is 0 Å². The highest BCUT2D eigenvalue weighted by Gasteiger charge is 2.05. The molecule has 1 aromatic heterocycles. The Labute approximate surface area is 102 Å². The topological polar surface area (TPSA) is 66.0 Å². The Morgan fingerprint density at radius 3 is 2.89 bits per heavy atom. The highest BCUT2D eigenvalue weighted by molar-refractivity contribution is 5.24. The van der Waals surface area contributed by atoms with Gasteiger partial charge < -0.3 is 10.5 Å². The van der Waals surface area contributed by atoms with Crippen LogP contribution in [0.1, 0.15) is 5.69 Å². The van der Waals surface area contributed by atoms with Gasteiger partial charge in [0, 0.05) is 18.8 Å². The van der Waals surface area contributed by atoms with E-state index in [-0.39, 0.29) is 12.4 Å². The zero-order valence-electron chi connectivity index (χ0n) is 9.51. The van der Waals surface area contributed by atoms with Gasteiger partial charge in [-0.2, -0.15) is 0 Å². The fraction of sp³-hybridized carbons (Fsp3) is 0.273. The van der Waals surface area contributed by atoms with E-state index in [1.165, 1.54) is 4.68 Å². The van der Waals surface area contributed by atoms with E-state index in [0.29, 0.717) is 18.8 Å². The smallest absolute Gasteiger partial charge is 0.165 e. The van der Waals surface area contributed by atoms with Crippen molar-refractivity contribution >= 4 is 0 Å². The SMILES string of the molecule is NCc1cn(CCOc2cc(F)ccc2F)nn1. The standard InChI is InChI=1S/C11H12F2N4O/c12-8-1-2-10(13)11(5-8)18-4-3-17-7-9(6-14)15-16-17/h1-2,5,7H,3-4,6,14H2. The Bertz CT molecular complexity index is 530. The van der Waals surface area contributed by atoms with E-state index < -0.39 is 11.6 Å². The molecule has 0 unspecified atom stereocenters. The van der Waals surface area contributed by atoms with E-state index in [2.05, 4.69) is 10.3 Å². The molecule has 0 spiro atoms. The Balaban J connectivity index is 1.90. The molecule has 2 N–H and O–H groups in total. The summed E-state index contributed by atoms with van der Waals surface area (Å²) in [6.07, 6.45) is 1.67. The van der Waals surface area contributed by atoms with Crippen LogP contribution in [0.4, 0.5) is 8.78 Å². The molecule has 96 valence electrons. The van der Waals surface area contributed by atoms with Crippen LogP contribution in [0, 0.1) is 11.6 Å². The molecule has 0 amide bonds. The molecule has 0 bridgehead atoms. The number of ether oxygens (including phenoxy) is 1. The second kappa shape index (κ2) is 5.54. The average Bonchev–Trinajstić information content (AvgIpc) is 2.81. The van der Waals surface area contributed by atoms with Gasteiger partial charge in [0.2, 0.25) is 0 Å². The summed E-state index contributed by atoms with van der Waals surface area (Å²) >= 11 is 0. The summed E-state index contributed by atoms with van der Waals surface area (Å²) in [6, 6.07) is 3.06. The first-order valence-electron chi connectivity index (χ1n) is 5.36. The molecule has 1 aromatic carbocycles. The minimum Gasteiger partial charge on any atom is -0.488 e.